The van der Waals surface area contributed by atoms with Gasteiger partial charge in [-0.25, -0.2) is 12.7 Å². The molecule has 0 bridgehead atoms. The summed E-state index contributed by atoms with van der Waals surface area (Å²) in [6.45, 7) is 1.13. The number of nitrogens with one attached hydrogen (secondary N) is 1. The molecular weight excluding hydrogens is 436 g/mol. The van der Waals surface area contributed by atoms with Gasteiger partial charge in [-0.05, 0) is 46.3 Å². The maximum Gasteiger partial charge on any atom is 0.255 e. The van der Waals surface area contributed by atoms with Crippen molar-refractivity contribution < 1.29 is 22.7 Å². The molecule has 1 heterocycles. The highest BCUT2D eigenvalue weighted by molar-refractivity contribution is 9.10. The molecule has 0 fully saturated rings. The molecule has 0 aliphatic carbocycles. The minimum Gasteiger partial charge on any atom is -0.490 e. The molecule has 1 N–H and O–H groups in total. The Bertz CT molecular complexity index is 976. The number of hydrogen-bond donors (Lipinski definition) is 1. The summed E-state index contributed by atoms with van der Waals surface area (Å²) in [4.78, 5) is 12.6. The van der Waals surface area contributed by atoms with Gasteiger partial charge in [0.15, 0.2) is 11.5 Å². The van der Waals surface area contributed by atoms with Gasteiger partial charge in [0, 0.05) is 42.3 Å². The van der Waals surface area contributed by atoms with Gasteiger partial charge in [-0.15, -0.1) is 0 Å². The summed E-state index contributed by atoms with van der Waals surface area (Å²) in [5.41, 5.74) is 0.759. The zero-order chi connectivity index (χ0) is 19.6. The second-order valence-electron chi connectivity index (χ2n) is 6.10. The topological polar surface area (TPSA) is 84.9 Å². The van der Waals surface area contributed by atoms with E-state index in [1.54, 1.807) is 30.3 Å². The standard InChI is InChI=1S/C18H19BrN2O5S/c1-21(2)27(23,24)17-10-12(4-6-14(17)19)18(22)20-13-5-7-15-16(11-13)26-9-3-8-25-15/h4-7,10-11H,3,8-9H2,1-2H3,(H,20,22). The van der Waals surface area contributed by atoms with Gasteiger partial charge in [-0.1, -0.05) is 0 Å². The van der Waals surface area contributed by atoms with Crippen molar-refractivity contribution in [1.82, 2.24) is 4.31 Å². The van der Waals surface area contributed by atoms with Crippen molar-refractivity contribution in [1.29, 1.82) is 0 Å². The molecule has 1 amide bonds. The lowest BCUT2D eigenvalue weighted by Gasteiger charge is -2.14. The van der Waals surface area contributed by atoms with E-state index in [-0.39, 0.29) is 10.5 Å². The minimum atomic E-state index is -3.68. The zero-order valence-corrected chi connectivity index (χ0v) is 17.3. The lowest BCUT2D eigenvalue weighted by molar-refractivity contribution is 0.102. The Morgan fingerprint density at radius 2 is 1.78 bits per heavy atom. The van der Waals surface area contributed by atoms with E-state index in [0.29, 0.717) is 34.9 Å². The summed E-state index contributed by atoms with van der Waals surface area (Å²) in [6.07, 6.45) is 0.790. The van der Waals surface area contributed by atoms with Crippen LogP contribution in [0.5, 0.6) is 11.5 Å². The lowest BCUT2D eigenvalue weighted by atomic mass is 10.2. The van der Waals surface area contributed by atoms with E-state index in [4.69, 9.17) is 9.47 Å². The molecular formula is C18H19BrN2O5S. The quantitative estimate of drug-likeness (QED) is 0.766. The maximum atomic E-state index is 12.6. The molecule has 1 aliphatic heterocycles. The highest BCUT2D eigenvalue weighted by Crippen LogP contribution is 2.32. The number of carbonyl (C=O) groups is 1. The van der Waals surface area contributed by atoms with Crippen molar-refractivity contribution in [3.05, 3.63) is 46.4 Å². The second kappa shape index (κ2) is 7.87. The normalized spacial score (nSPS) is 13.9. The third-order valence-corrected chi connectivity index (χ3v) is 6.77. The Kier molecular flexibility index (Phi) is 5.73. The van der Waals surface area contributed by atoms with Crippen LogP contribution in [0.2, 0.25) is 0 Å². The summed E-state index contributed by atoms with van der Waals surface area (Å²) in [5.74, 6) is 0.776. The zero-order valence-electron chi connectivity index (χ0n) is 14.9. The largest absolute Gasteiger partial charge is 0.490 e. The van der Waals surface area contributed by atoms with E-state index < -0.39 is 15.9 Å². The minimum absolute atomic E-state index is 0.0267. The highest BCUT2D eigenvalue weighted by atomic mass is 79.9. The van der Waals surface area contributed by atoms with Crippen molar-refractivity contribution in [2.45, 2.75) is 11.3 Å². The Balaban J connectivity index is 1.86. The van der Waals surface area contributed by atoms with Crippen molar-refractivity contribution in [3.63, 3.8) is 0 Å². The maximum absolute atomic E-state index is 12.6. The number of amides is 1. The Morgan fingerprint density at radius 1 is 1.07 bits per heavy atom. The van der Waals surface area contributed by atoms with Crippen molar-refractivity contribution in [2.75, 3.05) is 32.6 Å². The summed E-state index contributed by atoms with van der Waals surface area (Å²) in [6, 6.07) is 9.57. The van der Waals surface area contributed by atoms with Crippen LogP contribution >= 0.6 is 15.9 Å². The smallest absolute Gasteiger partial charge is 0.255 e. The number of sulfonamides is 1. The second-order valence-corrected chi connectivity index (χ2v) is 9.07. The van der Waals surface area contributed by atoms with Crippen molar-refractivity contribution in [3.8, 4) is 11.5 Å². The van der Waals surface area contributed by atoms with Gasteiger partial charge in [-0.2, -0.15) is 0 Å². The summed E-state index contributed by atoms with van der Waals surface area (Å²) < 4.78 is 37.5. The van der Waals surface area contributed by atoms with Crippen molar-refractivity contribution >= 4 is 37.5 Å². The van der Waals surface area contributed by atoms with Gasteiger partial charge in [0.25, 0.3) is 5.91 Å². The van der Waals surface area contributed by atoms with Crippen LogP contribution in [-0.4, -0.2) is 45.9 Å². The molecule has 1 aliphatic rings. The first-order valence-corrected chi connectivity index (χ1v) is 10.5. The fraction of sp³-hybridized carbons (Fsp3) is 0.278. The SMILES string of the molecule is CN(C)S(=O)(=O)c1cc(C(=O)Nc2ccc3c(c2)OCCCO3)ccc1Br. The number of rotatable bonds is 4. The predicted molar refractivity (Wildman–Crippen MR) is 105 cm³/mol. The Labute approximate surface area is 166 Å². The Hall–Kier alpha value is -2.10. The number of anilines is 1. The van der Waals surface area contributed by atoms with Crippen LogP contribution in [-0.2, 0) is 10.0 Å². The molecule has 2 aromatic carbocycles. The first-order valence-electron chi connectivity index (χ1n) is 8.22. The molecule has 0 unspecified atom stereocenters. The number of nitrogens with zero attached hydrogens (tertiary/aromatic N) is 1. The average Bonchev–Trinajstić information content (AvgIpc) is 2.86. The average molecular weight is 455 g/mol. The van der Waals surface area contributed by atoms with E-state index in [0.717, 1.165) is 10.7 Å². The van der Waals surface area contributed by atoms with Gasteiger partial charge >= 0.3 is 0 Å². The number of benzene rings is 2. The number of carbonyl (C=O) groups excluding carboxylic acids is 1. The van der Waals surface area contributed by atoms with Gasteiger partial charge in [0.1, 0.15) is 0 Å². The van der Waals surface area contributed by atoms with Gasteiger partial charge in [0.05, 0.1) is 18.1 Å². The summed E-state index contributed by atoms with van der Waals surface area (Å²) in [5, 5.41) is 2.76. The van der Waals surface area contributed by atoms with E-state index in [1.807, 2.05) is 0 Å². The molecule has 0 saturated carbocycles. The number of halogens is 1. The predicted octanol–water partition coefficient (Wildman–Crippen LogP) is 3.11. The van der Waals surface area contributed by atoms with Crippen LogP contribution < -0.4 is 14.8 Å². The first kappa shape index (κ1) is 19.7. The first-order chi connectivity index (χ1) is 12.8. The monoisotopic (exact) mass is 454 g/mol. The lowest BCUT2D eigenvalue weighted by Crippen LogP contribution is -2.23. The van der Waals surface area contributed by atoms with Gasteiger partial charge in [0.2, 0.25) is 10.0 Å². The van der Waals surface area contributed by atoms with Gasteiger partial charge < -0.3 is 14.8 Å². The van der Waals surface area contributed by atoms with Gasteiger partial charge in [-0.3, -0.25) is 4.79 Å². The molecule has 9 heteroatoms. The fourth-order valence-electron chi connectivity index (χ4n) is 2.48. The number of fused-ring (bicyclic) bond motifs is 1. The molecule has 144 valence electrons. The highest BCUT2D eigenvalue weighted by Gasteiger charge is 2.22. The number of hydrogen-bond acceptors (Lipinski definition) is 5. The van der Waals surface area contributed by atoms with E-state index in [9.17, 15) is 13.2 Å². The van der Waals surface area contributed by atoms with Crippen LogP contribution in [0.4, 0.5) is 5.69 Å². The molecule has 3 rings (SSSR count). The van der Waals surface area contributed by atoms with Crippen LogP contribution in [0.1, 0.15) is 16.8 Å². The van der Waals surface area contributed by atoms with Crippen LogP contribution in [0.25, 0.3) is 0 Å². The van der Waals surface area contributed by atoms with Crippen LogP contribution in [0.3, 0.4) is 0 Å². The summed E-state index contributed by atoms with van der Waals surface area (Å²) >= 11 is 3.23. The van der Waals surface area contributed by atoms with Crippen molar-refractivity contribution in [2.24, 2.45) is 0 Å². The molecule has 0 atom stereocenters. The fourth-order valence-corrected chi connectivity index (χ4v) is 4.33. The third kappa shape index (κ3) is 4.26. The number of ether oxygens (including phenoxy) is 2. The molecule has 27 heavy (non-hydrogen) atoms. The van der Waals surface area contributed by atoms with E-state index in [2.05, 4.69) is 21.2 Å². The summed E-state index contributed by atoms with van der Waals surface area (Å²) in [7, 11) is -0.809. The third-order valence-electron chi connectivity index (χ3n) is 3.96. The molecule has 0 saturated heterocycles. The van der Waals surface area contributed by atoms with E-state index >= 15 is 0 Å². The molecule has 0 aromatic heterocycles. The van der Waals surface area contributed by atoms with E-state index in [1.165, 1.54) is 20.2 Å². The molecule has 0 radical (unpaired) electrons. The molecule has 7 nitrogen and oxygen atoms in total. The molecule has 2 aromatic rings. The Morgan fingerprint density at radius 3 is 2.48 bits per heavy atom. The van der Waals surface area contributed by atoms with Crippen LogP contribution in [0.15, 0.2) is 45.8 Å². The molecule has 0 spiro atoms. The van der Waals surface area contributed by atoms with Crippen LogP contribution in [0, 0.1) is 0 Å².